The van der Waals surface area contributed by atoms with E-state index in [4.69, 9.17) is 13.9 Å². The van der Waals surface area contributed by atoms with Crippen LogP contribution in [-0.2, 0) is 0 Å². The second-order valence-electron chi connectivity index (χ2n) is 4.78. The number of fused-ring (bicyclic) bond motifs is 1. The average Bonchev–Trinajstić information content (AvgIpc) is 2.55. The monoisotopic (exact) mass is 310 g/mol. The van der Waals surface area contributed by atoms with Crippen LogP contribution in [-0.4, -0.2) is 12.6 Å². The van der Waals surface area contributed by atoms with Crippen molar-refractivity contribution >= 4 is 16.9 Å². The van der Waals surface area contributed by atoms with Gasteiger partial charge in [0.2, 0.25) is 0 Å². The summed E-state index contributed by atoms with van der Waals surface area (Å²) in [4.78, 5) is 24.2. The van der Waals surface area contributed by atoms with Gasteiger partial charge in [-0.25, -0.2) is 9.59 Å². The van der Waals surface area contributed by atoms with Crippen molar-refractivity contribution in [3.05, 3.63) is 70.6 Å². The van der Waals surface area contributed by atoms with Gasteiger partial charge in [0.1, 0.15) is 22.6 Å². The molecule has 5 nitrogen and oxygen atoms in total. The van der Waals surface area contributed by atoms with E-state index in [-0.39, 0.29) is 5.56 Å². The van der Waals surface area contributed by atoms with Crippen LogP contribution in [0.15, 0.2) is 63.8 Å². The molecule has 0 aliphatic carbocycles. The van der Waals surface area contributed by atoms with Gasteiger partial charge in [0.15, 0.2) is 0 Å². The third kappa shape index (κ3) is 3.23. The molecule has 3 aromatic rings. The van der Waals surface area contributed by atoms with Gasteiger partial charge in [-0.3, -0.25) is 0 Å². The first kappa shape index (κ1) is 14.8. The number of benzene rings is 2. The van der Waals surface area contributed by atoms with Gasteiger partial charge < -0.3 is 13.9 Å². The first-order valence-corrected chi connectivity index (χ1v) is 7.15. The third-order valence-electron chi connectivity index (χ3n) is 3.19. The lowest BCUT2D eigenvalue weighted by Gasteiger charge is -2.06. The molecule has 23 heavy (non-hydrogen) atoms. The number of para-hydroxylation sites is 1. The zero-order valence-corrected chi connectivity index (χ0v) is 12.4. The molecule has 1 heterocycles. The fraction of sp³-hybridized carbons (Fsp3) is 0.111. The molecule has 0 aliphatic heterocycles. The predicted octanol–water partition coefficient (Wildman–Crippen LogP) is 3.41. The lowest BCUT2D eigenvalue weighted by atomic mass is 10.2. The maximum Gasteiger partial charge on any atom is 0.351 e. The lowest BCUT2D eigenvalue weighted by molar-refractivity contribution is 0.0730. The molecule has 5 heteroatoms. The molecule has 0 saturated carbocycles. The summed E-state index contributed by atoms with van der Waals surface area (Å²) in [6.07, 6.45) is 0. The van der Waals surface area contributed by atoms with Gasteiger partial charge in [-0.1, -0.05) is 18.2 Å². The Kier molecular flexibility index (Phi) is 4.10. The van der Waals surface area contributed by atoms with Crippen molar-refractivity contribution in [2.45, 2.75) is 6.92 Å². The molecule has 0 bridgehead atoms. The maximum absolute atomic E-state index is 12.1. The number of carbonyl (C=O) groups is 1. The molecule has 116 valence electrons. The lowest BCUT2D eigenvalue weighted by Crippen LogP contribution is -2.18. The highest BCUT2D eigenvalue weighted by Crippen LogP contribution is 2.21. The van der Waals surface area contributed by atoms with Crippen molar-refractivity contribution in [3.63, 3.8) is 0 Å². The Morgan fingerprint density at radius 1 is 1.04 bits per heavy atom. The average molecular weight is 310 g/mol. The predicted molar refractivity (Wildman–Crippen MR) is 85.1 cm³/mol. The van der Waals surface area contributed by atoms with E-state index in [9.17, 15) is 9.59 Å². The van der Waals surface area contributed by atoms with Gasteiger partial charge in [0, 0.05) is 11.5 Å². The normalized spacial score (nSPS) is 10.5. The van der Waals surface area contributed by atoms with E-state index >= 15 is 0 Å². The van der Waals surface area contributed by atoms with E-state index in [1.807, 2.05) is 6.92 Å². The smallest absolute Gasteiger partial charge is 0.351 e. The summed E-state index contributed by atoms with van der Waals surface area (Å²) < 4.78 is 15.7. The zero-order chi connectivity index (χ0) is 16.2. The number of hydrogen-bond acceptors (Lipinski definition) is 5. The number of rotatable bonds is 4. The molecular weight excluding hydrogens is 296 g/mol. The summed E-state index contributed by atoms with van der Waals surface area (Å²) in [5.41, 5.74) is -0.533. The Labute approximate surface area is 132 Å². The second-order valence-corrected chi connectivity index (χ2v) is 4.78. The van der Waals surface area contributed by atoms with Gasteiger partial charge in [-0.2, -0.15) is 0 Å². The van der Waals surface area contributed by atoms with E-state index in [2.05, 4.69) is 0 Å². The molecule has 0 radical (unpaired) electrons. The molecule has 2 aromatic carbocycles. The molecule has 0 N–H and O–H groups in total. The van der Waals surface area contributed by atoms with Crippen molar-refractivity contribution in [1.82, 2.24) is 0 Å². The number of ether oxygens (including phenoxy) is 2. The molecule has 0 spiro atoms. The van der Waals surface area contributed by atoms with Gasteiger partial charge >= 0.3 is 11.6 Å². The van der Waals surface area contributed by atoms with Crippen LogP contribution in [0.4, 0.5) is 0 Å². The SMILES string of the molecule is CCOc1ccc2cc(C(=O)Oc3ccccc3)c(=O)oc2c1. The third-order valence-corrected chi connectivity index (χ3v) is 3.19. The van der Waals surface area contributed by atoms with Crippen LogP contribution in [0.3, 0.4) is 0 Å². The fourth-order valence-electron chi connectivity index (χ4n) is 2.14. The quantitative estimate of drug-likeness (QED) is 0.420. The first-order valence-electron chi connectivity index (χ1n) is 7.15. The Balaban J connectivity index is 1.95. The van der Waals surface area contributed by atoms with Crippen LogP contribution in [0.5, 0.6) is 11.5 Å². The van der Waals surface area contributed by atoms with E-state index in [0.29, 0.717) is 29.1 Å². The number of hydrogen-bond donors (Lipinski definition) is 0. The summed E-state index contributed by atoms with van der Waals surface area (Å²) in [5.74, 6) is 0.215. The van der Waals surface area contributed by atoms with Crippen molar-refractivity contribution in [2.75, 3.05) is 6.61 Å². The summed E-state index contributed by atoms with van der Waals surface area (Å²) in [6.45, 7) is 2.38. The molecule has 0 aliphatic rings. The fourth-order valence-corrected chi connectivity index (χ4v) is 2.14. The molecule has 0 atom stereocenters. The highest BCUT2D eigenvalue weighted by molar-refractivity contribution is 5.94. The van der Waals surface area contributed by atoms with Gasteiger partial charge in [-0.05, 0) is 37.3 Å². The minimum absolute atomic E-state index is 0.148. The van der Waals surface area contributed by atoms with Crippen LogP contribution in [0.1, 0.15) is 17.3 Å². The van der Waals surface area contributed by atoms with Crippen molar-refractivity contribution in [2.24, 2.45) is 0 Å². The molecule has 0 fully saturated rings. The second kappa shape index (κ2) is 6.36. The van der Waals surface area contributed by atoms with Crippen LogP contribution in [0.2, 0.25) is 0 Å². The van der Waals surface area contributed by atoms with Crippen LogP contribution in [0.25, 0.3) is 11.0 Å². The summed E-state index contributed by atoms with van der Waals surface area (Å²) >= 11 is 0. The van der Waals surface area contributed by atoms with Crippen LogP contribution in [0, 0.1) is 0 Å². The van der Waals surface area contributed by atoms with Crippen LogP contribution < -0.4 is 15.1 Å². The molecule has 3 rings (SSSR count). The van der Waals surface area contributed by atoms with Crippen LogP contribution >= 0.6 is 0 Å². The molecule has 0 unspecified atom stereocenters. The minimum atomic E-state index is -0.749. The summed E-state index contributed by atoms with van der Waals surface area (Å²) in [6, 6.07) is 15.1. The first-order chi connectivity index (χ1) is 11.2. The van der Waals surface area contributed by atoms with Crippen molar-refractivity contribution < 1.29 is 18.7 Å². The Morgan fingerprint density at radius 2 is 1.83 bits per heavy atom. The molecular formula is C18H14O5. The van der Waals surface area contributed by atoms with E-state index in [1.54, 1.807) is 48.5 Å². The molecule has 0 saturated heterocycles. The highest BCUT2D eigenvalue weighted by Gasteiger charge is 2.16. The number of carbonyl (C=O) groups excluding carboxylic acids is 1. The summed E-state index contributed by atoms with van der Waals surface area (Å²) in [5, 5.41) is 0.619. The van der Waals surface area contributed by atoms with Gasteiger partial charge in [0.25, 0.3) is 0 Å². The van der Waals surface area contributed by atoms with Gasteiger partial charge in [-0.15, -0.1) is 0 Å². The van der Waals surface area contributed by atoms with Crippen molar-refractivity contribution in [1.29, 1.82) is 0 Å². The Bertz CT molecular complexity index is 896. The number of esters is 1. The van der Waals surface area contributed by atoms with Gasteiger partial charge in [0.05, 0.1) is 6.61 Å². The maximum atomic E-state index is 12.1. The highest BCUT2D eigenvalue weighted by atomic mass is 16.5. The van der Waals surface area contributed by atoms with E-state index in [1.165, 1.54) is 6.07 Å². The molecule has 1 aromatic heterocycles. The topological polar surface area (TPSA) is 65.7 Å². The van der Waals surface area contributed by atoms with E-state index in [0.717, 1.165) is 0 Å². The van der Waals surface area contributed by atoms with Crippen molar-refractivity contribution in [3.8, 4) is 11.5 Å². The summed E-state index contributed by atoms with van der Waals surface area (Å²) in [7, 11) is 0. The standard InChI is InChI=1S/C18H14O5/c1-2-21-14-9-8-12-10-15(18(20)23-16(12)11-14)17(19)22-13-6-4-3-5-7-13/h3-11H,2H2,1H3. The zero-order valence-electron chi connectivity index (χ0n) is 12.4. The molecule has 0 amide bonds. The Morgan fingerprint density at radius 3 is 2.57 bits per heavy atom. The Hall–Kier alpha value is -3.08. The van der Waals surface area contributed by atoms with E-state index < -0.39 is 11.6 Å². The largest absolute Gasteiger partial charge is 0.494 e. The minimum Gasteiger partial charge on any atom is -0.494 e.